The smallest absolute Gasteiger partial charge is 0.179 e. The van der Waals surface area contributed by atoms with Gasteiger partial charge in [-0.15, -0.1) is 0 Å². The Morgan fingerprint density at radius 3 is 2.68 bits per heavy atom. The normalized spacial score (nSPS) is 13.6. The summed E-state index contributed by atoms with van der Waals surface area (Å²) in [5.41, 5.74) is 3.20. The van der Waals surface area contributed by atoms with Gasteiger partial charge in [0.2, 0.25) is 0 Å². The minimum absolute atomic E-state index is 0.325. The van der Waals surface area contributed by atoms with Gasteiger partial charge >= 0.3 is 0 Å². The van der Waals surface area contributed by atoms with Gasteiger partial charge in [0.15, 0.2) is 10.4 Å². The fourth-order valence-corrected chi connectivity index (χ4v) is 2.74. The number of aromatic nitrogens is 3. The summed E-state index contributed by atoms with van der Waals surface area (Å²) in [6.45, 7) is 7.49. The highest BCUT2D eigenvalue weighted by atomic mass is 32.1. The van der Waals surface area contributed by atoms with Gasteiger partial charge in [-0.05, 0) is 50.8 Å². The first-order chi connectivity index (χ1) is 8.91. The summed E-state index contributed by atoms with van der Waals surface area (Å²) in [5, 5.41) is 0. The Morgan fingerprint density at radius 2 is 2.11 bits per heavy atom. The standard InChI is InChI=1S/C14H22N4S/c1-9(2)11(8-17(4)5)18-13-12(16-14(18)19)10(3)6-7-15-13/h6-7,9,11H,8H2,1-5H3,(H,16,19). The van der Waals surface area contributed by atoms with E-state index in [2.05, 4.69) is 54.3 Å². The molecule has 1 atom stereocenters. The van der Waals surface area contributed by atoms with Crippen molar-refractivity contribution in [2.45, 2.75) is 26.8 Å². The topological polar surface area (TPSA) is 36.9 Å². The SMILES string of the molecule is Cc1ccnc2c1[nH]c(=S)n2C(CN(C)C)C(C)C. The summed E-state index contributed by atoms with van der Waals surface area (Å²) in [6, 6.07) is 2.33. The van der Waals surface area contributed by atoms with Crippen molar-refractivity contribution in [2.75, 3.05) is 20.6 Å². The van der Waals surface area contributed by atoms with Crippen molar-refractivity contribution in [2.24, 2.45) is 5.92 Å². The number of H-pyrrole nitrogens is 1. The van der Waals surface area contributed by atoms with Crippen LogP contribution in [0.25, 0.3) is 11.2 Å². The van der Waals surface area contributed by atoms with Gasteiger partial charge in [-0.1, -0.05) is 13.8 Å². The first-order valence-electron chi connectivity index (χ1n) is 6.62. The molecular weight excluding hydrogens is 256 g/mol. The number of likely N-dealkylation sites (N-methyl/N-ethyl adjacent to an activating group) is 1. The number of fused-ring (bicyclic) bond motifs is 1. The van der Waals surface area contributed by atoms with E-state index in [9.17, 15) is 0 Å². The van der Waals surface area contributed by atoms with Gasteiger partial charge in [-0.3, -0.25) is 4.57 Å². The number of imidazole rings is 1. The highest BCUT2D eigenvalue weighted by Crippen LogP contribution is 2.25. The third kappa shape index (κ3) is 2.72. The van der Waals surface area contributed by atoms with Crippen LogP contribution < -0.4 is 0 Å². The van der Waals surface area contributed by atoms with Gasteiger partial charge in [-0.2, -0.15) is 0 Å². The Labute approximate surface area is 119 Å². The number of rotatable bonds is 4. The number of aryl methyl sites for hydroxylation is 1. The average Bonchev–Trinajstić information content (AvgIpc) is 2.64. The summed E-state index contributed by atoms with van der Waals surface area (Å²) < 4.78 is 2.93. The van der Waals surface area contributed by atoms with Crippen molar-refractivity contribution in [1.29, 1.82) is 0 Å². The lowest BCUT2D eigenvalue weighted by molar-refractivity contribution is 0.271. The lowest BCUT2D eigenvalue weighted by Gasteiger charge is -2.26. The van der Waals surface area contributed by atoms with E-state index in [-0.39, 0.29) is 0 Å². The molecule has 0 saturated carbocycles. The molecule has 19 heavy (non-hydrogen) atoms. The largest absolute Gasteiger partial charge is 0.329 e. The summed E-state index contributed by atoms with van der Waals surface area (Å²) in [6.07, 6.45) is 1.85. The number of hydrogen-bond acceptors (Lipinski definition) is 3. The van der Waals surface area contributed by atoms with E-state index in [1.54, 1.807) is 0 Å². The van der Waals surface area contributed by atoms with Crippen molar-refractivity contribution >= 4 is 23.4 Å². The number of pyridine rings is 1. The first-order valence-corrected chi connectivity index (χ1v) is 7.03. The predicted octanol–water partition coefficient (Wildman–Crippen LogP) is 3.16. The second-order valence-corrected chi connectivity index (χ2v) is 6.09. The molecule has 0 bridgehead atoms. The van der Waals surface area contributed by atoms with E-state index in [0.29, 0.717) is 12.0 Å². The van der Waals surface area contributed by atoms with E-state index >= 15 is 0 Å². The molecule has 0 aliphatic carbocycles. The molecule has 0 spiro atoms. The molecule has 1 N–H and O–H groups in total. The summed E-state index contributed by atoms with van der Waals surface area (Å²) in [5.74, 6) is 0.496. The number of aromatic amines is 1. The average molecular weight is 278 g/mol. The molecule has 0 radical (unpaired) electrons. The summed E-state index contributed by atoms with van der Waals surface area (Å²) >= 11 is 5.51. The van der Waals surface area contributed by atoms with Crippen LogP contribution in [0.4, 0.5) is 0 Å². The molecule has 0 amide bonds. The van der Waals surface area contributed by atoms with Crippen LogP contribution in [-0.2, 0) is 0 Å². The molecule has 0 aromatic carbocycles. The Hall–Kier alpha value is -1.20. The predicted molar refractivity (Wildman–Crippen MR) is 82.1 cm³/mol. The minimum Gasteiger partial charge on any atom is -0.329 e. The van der Waals surface area contributed by atoms with E-state index in [1.165, 1.54) is 5.56 Å². The van der Waals surface area contributed by atoms with Gasteiger partial charge in [-0.25, -0.2) is 4.98 Å². The molecule has 5 heteroatoms. The van der Waals surface area contributed by atoms with Gasteiger partial charge in [0.05, 0.1) is 11.6 Å². The highest BCUT2D eigenvalue weighted by molar-refractivity contribution is 7.71. The maximum atomic E-state index is 5.51. The summed E-state index contributed by atoms with van der Waals surface area (Å²) in [7, 11) is 4.18. The maximum Gasteiger partial charge on any atom is 0.179 e. The number of nitrogens with zero attached hydrogens (tertiary/aromatic N) is 3. The molecule has 2 rings (SSSR count). The van der Waals surface area contributed by atoms with Crippen LogP contribution in [0.5, 0.6) is 0 Å². The zero-order chi connectivity index (χ0) is 14.2. The molecular formula is C14H22N4S. The van der Waals surface area contributed by atoms with Crippen molar-refractivity contribution < 1.29 is 0 Å². The van der Waals surface area contributed by atoms with Crippen LogP contribution in [0, 0.1) is 17.6 Å². The van der Waals surface area contributed by atoms with Crippen LogP contribution in [0.15, 0.2) is 12.3 Å². The Balaban J connectivity index is 2.63. The van der Waals surface area contributed by atoms with Gasteiger partial charge < -0.3 is 9.88 Å². The maximum absolute atomic E-state index is 5.51. The lowest BCUT2D eigenvalue weighted by Crippen LogP contribution is -2.28. The van der Waals surface area contributed by atoms with Crippen LogP contribution in [0.1, 0.15) is 25.5 Å². The second kappa shape index (κ2) is 5.43. The zero-order valence-electron chi connectivity index (χ0n) is 12.3. The van der Waals surface area contributed by atoms with Crippen LogP contribution >= 0.6 is 12.2 Å². The van der Waals surface area contributed by atoms with Crippen LogP contribution in [0.2, 0.25) is 0 Å². The van der Waals surface area contributed by atoms with E-state index in [4.69, 9.17) is 12.2 Å². The van der Waals surface area contributed by atoms with Crippen LogP contribution in [0.3, 0.4) is 0 Å². The van der Waals surface area contributed by atoms with Gasteiger partial charge in [0.1, 0.15) is 0 Å². The monoisotopic (exact) mass is 278 g/mol. The molecule has 2 aromatic rings. The Morgan fingerprint density at radius 1 is 1.42 bits per heavy atom. The van der Waals surface area contributed by atoms with E-state index in [0.717, 1.165) is 22.5 Å². The molecule has 2 aromatic heterocycles. The van der Waals surface area contributed by atoms with Gasteiger partial charge in [0, 0.05) is 12.7 Å². The fraction of sp³-hybridized carbons (Fsp3) is 0.571. The minimum atomic E-state index is 0.325. The molecule has 104 valence electrons. The zero-order valence-corrected chi connectivity index (χ0v) is 13.1. The second-order valence-electron chi connectivity index (χ2n) is 5.70. The number of nitrogens with one attached hydrogen (secondary N) is 1. The first kappa shape index (κ1) is 14.2. The molecule has 0 fully saturated rings. The van der Waals surface area contributed by atoms with Crippen molar-refractivity contribution in [3.8, 4) is 0 Å². The molecule has 1 unspecified atom stereocenters. The fourth-order valence-electron chi connectivity index (χ4n) is 2.42. The number of hydrogen-bond donors (Lipinski definition) is 1. The van der Waals surface area contributed by atoms with Crippen molar-refractivity contribution in [3.63, 3.8) is 0 Å². The molecule has 0 aliphatic heterocycles. The third-order valence-corrected chi connectivity index (χ3v) is 3.77. The Bertz CT molecular complexity index is 624. The molecule has 0 aliphatic rings. The molecule has 4 nitrogen and oxygen atoms in total. The third-order valence-electron chi connectivity index (χ3n) is 3.47. The quantitative estimate of drug-likeness (QED) is 0.873. The Kier molecular flexibility index (Phi) is 4.06. The van der Waals surface area contributed by atoms with E-state index < -0.39 is 0 Å². The summed E-state index contributed by atoms with van der Waals surface area (Å²) in [4.78, 5) is 10.0. The van der Waals surface area contributed by atoms with Crippen molar-refractivity contribution in [1.82, 2.24) is 19.4 Å². The molecule has 0 saturated heterocycles. The van der Waals surface area contributed by atoms with Crippen molar-refractivity contribution in [3.05, 3.63) is 22.6 Å². The van der Waals surface area contributed by atoms with Crippen LogP contribution in [-0.4, -0.2) is 40.1 Å². The lowest BCUT2D eigenvalue weighted by atomic mass is 10.0. The highest BCUT2D eigenvalue weighted by Gasteiger charge is 2.21. The van der Waals surface area contributed by atoms with E-state index in [1.807, 2.05) is 12.3 Å². The molecule has 2 heterocycles. The van der Waals surface area contributed by atoms with Gasteiger partial charge in [0.25, 0.3) is 0 Å².